The van der Waals surface area contributed by atoms with Crippen molar-refractivity contribution in [2.75, 3.05) is 20.8 Å². The Morgan fingerprint density at radius 3 is 2.56 bits per heavy atom. The Bertz CT molecular complexity index is 942. The quantitative estimate of drug-likeness (QED) is 0.726. The molecular formula is C21H20O6. The molecule has 0 aliphatic carbocycles. The van der Waals surface area contributed by atoms with Crippen LogP contribution < -0.4 is 18.9 Å². The third-order valence-corrected chi connectivity index (χ3v) is 4.19. The van der Waals surface area contributed by atoms with Crippen LogP contribution in [0.5, 0.6) is 23.0 Å². The molecule has 2 aromatic carbocycles. The zero-order valence-corrected chi connectivity index (χ0v) is 15.6. The Balaban J connectivity index is 1.97. The number of carbonyl (C=O) groups is 2. The monoisotopic (exact) mass is 368 g/mol. The van der Waals surface area contributed by atoms with Crippen LogP contribution >= 0.6 is 0 Å². The third kappa shape index (κ3) is 3.51. The first kappa shape index (κ1) is 18.5. The fourth-order valence-corrected chi connectivity index (χ4v) is 2.87. The molecule has 0 aromatic heterocycles. The van der Waals surface area contributed by atoms with Gasteiger partial charge in [-0.3, -0.25) is 9.59 Å². The van der Waals surface area contributed by atoms with E-state index in [1.54, 1.807) is 44.4 Å². The zero-order chi connectivity index (χ0) is 19.6. The number of fused-ring (bicyclic) bond motifs is 1. The highest BCUT2D eigenvalue weighted by Gasteiger charge is 2.30. The average molecular weight is 368 g/mol. The molecule has 0 saturated heterocycles. The molecular weight excluding hydrogens is 348 g/mol. The number of rotatable bonds is 6. The normalized spacial score (nSPS) is 13.9. The van der Waals surface area contributed by atoms with Crippen molar-refractivity contribution in [3.05, 3.63) is 52.8 Å². The van der Waals surface area contributed by atoms with Gasteiger partial charge in [0.05, 0.1) is 19.8 Å². The number of ether oxygens (including phenoxy) is 4. The van der Waals surface area contributed by atoms with Crippen molar-refractivity contribution < 1.29 is 28.5 Å². The maximum absolute atomic E-state index is 12.7. The van der Waals surface area contributed by atoms with Crippen molar-refractivity contribution in [2.45, 2.75) is 13.8 Å². The smallest absolute Gasteiger partial charge is 0.231 e. The molecule has 0 unspecified atom stereocenters. The van der Waals surface area contributed by atoms with E-state index in [0.29, 0.717) is 39.7 Å². The Morgan fingerprint density at radius 1 is 1.11 bits per heavy atom. The van der Waals surface area contributed by atoms with E-state index in [-0.39, 0.29) is 23.9 Å². The number of benzene rings is 2. The van der Waals surface area contributed by atoms with Crippen molar-refractivity contribution in [1.29, 1.82) is 0 Å². The van der Waals surface area contributed by atoms with E-state index in [9.17, 15) is 9.59 Å². The lowest BCUT2D eigenvalue weighted by molar-refractivity contribution is -0.118. The molecule has 140 valence electrons. The van der Waals surface area contributed by atoms with E-state index in [1.165, 1.54) is 14.0 Å². The van der Waals surface area contributed by atoms with Gasteiger partial charge in [-0.2, -0.15) is 0 Å². The zero-order valence-electron chi connectivity index (χ0n) is 15.6. The summed E-state index contributed by atoms with van der Waals surface area (Å²) >= 11 is 0. The van der Waals surface area contributed by atoms with Gasteiger partial charge >= 0.3 is 0 Å². The number of ketones is 2. The molecule has 0 amide bonds. The van der Waals surface area contributed by atoms with Crippen LogP contribution in [-0.2, 0) is 4.79 Å². The lowest BCUT2D eigenvalue weighted by atomic mass is 10.1. The summed E-state index contributed by atoms with van der Waals surface area (Å²) in [5.41, 5.74) is 1.79. The molecule has 0 bridgehead atoms. The van der Waals surface area contributed by atoms with Crippen molar-refractivity contribution in [2.24, 2.45) is 0 Å². The van der Waals surface area contributed by atoms with Gasteiger partial charge in [-0.05, 0) is 38.1 Å². The summed E-state index contributed by atoms with van der Waals surface area (Å²) in [6.45, 7) is 3.21. The molecule has 0 radical (unpaired) electrons. The van der Waals surface area contributed by atoms with E-state index in [1.807, 2.05) is 6.07 Å². The van der Waals surface area contributed by atoms with Crippen molar-refractivity contribution >= 4 is 17.6 Å². The van der Waals surface area contributed by atoms with Crippen LogP contribution in [0.3, 0.4) is 0 Å². The van der Waals surface area contributed by atoms with Gasteiger partial charge in [-0.15, -0.1) is 0 Å². The lowest BCUT2D eigenvalue weighted by Crippen LogP contribution is -2.07. The van der Waals surface area contributed by atoms with Crippen molar-refractivity contribution in [3.8, 4) is 23.0 Å². The number of hydrogen-bond donors (Lipinski definition) is 0. The summed E-state index contributed by atoms with van der Waals surface area (Å²) in [7, 11) is 3.09. The third-order valence-electron chi connectivity index (χ3n) is 4.19. The molecule has 0 fully saturated rings. The van der Waals surface area contributed by atoms with Gasteiger partial charge in [0, 0.05) is 11.1 Å². The van der Waals surface area contributed by atoms with E-state index in [2.05, 4.69) is 0 Å². The largest absolute Gasteiger partial charge is 0.493 e. The highest BCUT2D eigenvalue weighted by atomic mass is 16.5. The van der Waals surface area contributed by atoms with Crippen LogP contribution in [0.25, 0.3) is 6.08 Å². The number of para-hydroxylation sites is 1. The van der Waals surface area contributed by atoms with E-state index in [0.717, 1.165) is 0 Å². The Kier molecular flexibility index (Phi) is 5.16. The number of Topliss-reactive ketones (excluding diaryl/α,β-unsaturated/α-hetero) is 2. The van der Waals surface area contributed by atoms with Gasteiger partial charge in [-0.1, -0.05) is 12.1 Å². The van der Waals surface area contributed by atoms with Gasteiger partial charge in [-0.25, -0.2) is 0 Å². The molecule has 0 saturated carbocycles. The topological polar surface area (TPSA) is 71.1 Å². The molecule has 6 nitrogen and oxygen atoms in total. The molecule has 6 heteroatoms. The van der Waals surface area contributed by atoms with Crippen LogP contribution in [0.2, 0.25) is 0 Å². The summed E-state index contributed by atoms with van der Waals surface area (Å²) in [4.78, 5) is 23.9. The molecule has 3 rings (SSSR count). The molecule has 1 aliphatic rings. The number of hydrogen-bond acceptors (Lipinski definition) is 6. The summed E-state index contributed by atoms with van der Waals surface area (Å²) in [5.74, 6) is 1.90. The minimum Gasteiger partial charge on any atom is -0.493 e. The lowest BCUT2D eigenvalue weighted by Gasteiger charge is -2.11. The summed E-state index contributed by atoms with van der Waals surface area (Å²) in [5, 5.41) is 0. The van der Waals surface area contributed by atoms with Gasteiger partial charge in [0.1, 0.15) is 18.1 Å². The molecule has 1 aliphatic heterocycles. The molecule has 0 spiro atoms. The maximum Gasteiger partial charge on any atom is 0.231 e. The molecule has 2 aromatic rings. The van der Waals surface area contributed by atoms with Crippen LogP contribution in [0.4, 0.5) is 0 Å². The first-order valence-electron chi connectivity index (χ1n) is 8.37. The van der Waals surface area contributed by atoms with Crippen molar-refractivity contribution in [1.82, 2.24) is 0 Å². The molecule has 0 atom stereocenters. The summed E-state index contributed by atoms with van der Waals surface area (Å²) < 4.78 is 22.0. The highest BCUT2D eigenvalue weighted by Crippen LogP contribution is 2.40. The van der Waals surface area contributed by atoms with Crippen LogP contribution in [0.1, 0.15) is 28.4 Å². The van der Waals surface area contributed by atoms with Crippen LogP contribution in [0, 0.1) is 6.92 Å². The second-order valence-electron chi connectivity index (χ2n) is 6.08. The van der Waals surface area contributed by atoms with Gasteiger partial charge < -0.3 is 18.9 Å². The number of methoxy groups -OCH3 is 2. The van der Waals surface area contributed by atoms with Crippen molar-refractivity contribution in [3.63, 3.8) is 0 Å². The first-order chi connectivity index (χ1) is 13.0. The fourth-order valence-electron chi connectivity index (χ4n) is 2.87. The van der Waals surface area contributed by atoms with Crippen LogP contribution in [-0.4, -0.2) is 32.4 Å². The minimum absolute atomic E-state index is 0.0305. The van der Waals surface area contributed by atoms with Gasteiger partial charge in [0.25, 0.3) is 0 Å². The predicted molar refractivity (Wildman–Crippen MR) is 99.8 cm³/mol. The predicted octanol–water partition coefficient (Wildman–Crippen LogP) is 3.60. The number of allylic oxidation sites excluding steroid dienone is 1. The minimum atomic E-state index is -0.226. The van der Waals surface area contributed by atoms with E-state index < -0.39 is 0 Å². The first-order valence-corrected chi connectivity index (χ1v) is 8.37. The Hall–Kier alpha value is -3.28. The SMILES string of the molecule is COc1cccc(/C=C2\Oc3c(ccc(OCC(C)=O)c3C)C2=O)c1OC. The maximum atomic E-state index is 12.7. The molecule has 27 heavy (non-hydrogen) atoms. The standard InChI is InChI=1S/C21H20O6/c1-12(22)11-26-16-9-8-15-19(23)18(27-20(15)13(16)2)10-14-6-5-7-17(24-3)21(14)25-4/h5-10H,11H2,1-4H3/b18-10-. The Morgan fingerprint density at radius 2 is 1.89 bits per heavy atom. The molecule has 0 N–H and O–H groups in total. The second kappa shape index (κ2) is 7.53. The average Bonchev–Trinajstić information content (AvgIpc) is 2.97. The second-order valence-corrected chi connectivity index (χ2v) is 6.08. The highest BCUT2D eigenvalue weighted by molar-refractivity contribution is 6.15. The van der Waals surface area contributed by atoms with E-state index in [4.69, 9.17) is 18.9 Å². The summed E-state index contributed by atoms with van der Waals surface area (Å²) in [6.07, 6.45) is 1.62. The Labute approximate surface area is 157 Å². The van der Waals surface area contributed by atoms with Crippen LogP contribution in [0.15, 0.2) is 36.1 Å². The van der Waals surface area contributed by atoms with Gasteiger partial charge in [0.15, 0.2) is 23.0 Å². The fraction of sp³-hybridized carbons (Fsp3) is 0.238. The molecule has 1 heterocycles. The summed E-state index contributed by atoms with van der Waals surface area (Å²) in [6, 6.07) is 8.70. The van der Waals surface area contributed by atoms with E-state index >= 15 is 0 Å². The van der Waals surface area contributed by atoms with Gasteiger partial charge in [0.2, 0.25) is 5.78 Å². The number of carbonyl (C=O) groups excluding carboxylic acids is 2.